The van der Waals surface area contributed by atoms with Crippen molar-refractivity contribution < 1.29 is 13.2 Å². The van der Waals surface area contributed by atoms with Crippen LogP contribution >= 0.6 is 11.6 Å². The highest BCUT2D eigenvalue weighted by Gasteiger charge is 2.31. The first kappa shape index (κ1) is 17.8. The Kier molecular flexibility index (Phi) is 5.07. The van der Waals surface area contributed by atoms with Gasteiger partial charge in [0.15, 0.2) is 5.15 Å². The molecule has 1 unspecified atom stereocenters. The molecule has 8 nitrogen and oxygen atoms in total. The Balaban J connectivity index is 1.65. The SMILES string of the molecule is CS(=O)(=O)NC1CC[C@H](C(=O)Nc2cn(-c3cccnc3)nc2Cl)C1. The molecule has 134 valence electrons. The molecule has 0 spiro atoms. The molecule has 1 amide bonds. The summed E-state index contributed by atoms with van der Waals surface area (Å²) >= 11 is 6.10. The fourth-order valence-electron chi connectivity index (χ4n) is 2.92. The molecule has 0 radical (unpaired) electrons. The van der Waals surface area contributed by atoms with Crippen LogP contribution < -0.4 is 10.0 Å². The van der Waals surface area contributed by atoms with Gasteiger partial charge in [-0.2, -0.15) is 5.10 Å². The van der Waals surface area contributed by atoms with E-state index < -0.39 is 10.0 Å². The minimum absolute atomic E-state index is 0.181. The van der Waals surface area contributed by atoms with Gasteiger partial charge >= 0.3 is 0 Å². The van der Waals surface area contributed by atoms with Gasteiger partial charge in [-0.25, -0.2) is 17.8 Å². The van der Waals surface area contributed by atoms with Crippen LogP contribution in [-0.4, -0.2) is 41.4 Å². The third-order valence-corrected chi connectivity index (χ3v) is 5.06. The van der Waals surface area contributed by atoms with Crippen molar-refractivity contribution in [3.63, 3.8) is 0 Å². The van der Waals surface area contributed by atoms with Crippen molar-refractivity contribution in [2.24, 2.45) is 5.92 Å². The van der Waals surface area contributed by atoms with Crippen LogP contribution in [0.2, 0.25) is 5.15 Å². The lowest BCUT2D eigenvalue weighted by atomic mass is 10.1. The first-order valence-corrected chi connectivity index (χ1v) is 10.0. The number of aromatic nitrogens is 3. The summed E-state index contributed by atoms with van der Waals surface area (Å²) < 4.78 is 26.7. The zero-order valence-electron chi connectivity index (χ0n) is 13.5. The van der Waals surface area contributed by atoms with E-state index in [9.17, 15) is 13.2 Å². The highest BCUT2D eigenvalue weighted by Crippen LogP contribution is 2.29. The summed E-state index contributed by atoms with van der Waals surface area (Å²) in [5.41, 5.74) is 1.14. The number of hydrogen-bond donors (Lipinski definition) is 2. The van der Waals surface area contributed by atoms with E-state index in [1.807, 2.05) is 6.07 Å². The molecule has 25 heavy (non-hydrogen) atoms. The first-order valence-electron chi connectivity index (χ1n) is 7.75. The van der Waals surface area contributed by atoms with Crippen LogP contribution in [0.25, 0.3) is 5.69 Å². The van der Waals surface area contributed by atoms with E-state index in [0.29, 0.717) is 24.9 Å². The van der Waals surface area contributed by atoms with E-state index >= 15 is 0 Å². The van der Waals surface area contributed by atoms with Crippen LogP contribution in [0.5, 0.6) is 0 Å². The predicted octanol–water partition coefficient (Wildman–Crippen LogP) is 1.58. The summed E-state index contributed by atoms with van der Waals surface area (Å²) in [6.07, 6.45) is 7.74. The minimum atomic E-state index is -3.27. The number of hydrogen-bond acceptors (Lipinski definition) is 5. The summed E-state index contributed by atoms with van der Waals surface area (Å²) in [5.74, 6) is -0.456. The normalized spacial score (nSPS) is 20.6. The second-order valence-electron chi connectivity index (χ2n) is 6.08. The number of carbonyl (C=O) groups excluding carboxylic acids is 1. The molecule has 1 aliphatic carbocycles. The lowest BCUT2D eigenvalue weighted by Crippen LogP contribution is -2.32. The Morgan fingerprint density at radius 2 is 2.20 bits per heavy atom. The van der Waals surface area contributed by atoms with Crippen molar-refractivity contribution in [2.75, 3.05) is 11.6 Å². The number of amides is 1. The third-order valence-electron chi connectivity index (χ3n) is 4.02. The number of carbonyl (C=O) groups is 1. The van der Waals surface area contributed by atoms with E-state index in [4.69, 9.17) is 11.6 Å². The van der Waals surface area contributed by atoms with Crippen molar-refractivity contribution in [3.8, 4) is 5.69 Å². The average Bonchev–Trinajstić information content (AvgIpc) is 3.14. The Bertz CT molecular complexity index is 869. The zero-order valence-corrected chi connectivity index (χ0v) is 15.1. The van der Waals surface area contributed by atoms with Crippen LogP contribution in [0.4, 0.5) is 5.69 Å². The molecule has 0 aromatic carbocycles. The summed E-state index contributed by atoms with van der Waals surface area (Å²) in [5, 5.41) is 7.12. The highest BCUT2D eigenvalue weighted by atomic mass is 35.5. The predicted molar refractivity (Wildman–Crippen MR) is 94.1 cm³/mol. The van der Waals surface area contributed by atoms with Crippen LogP contribution in [0, 0.1) is 5.92 Å². The fourth-order valence-corrected chi connectivity index (χ4v) is 3.92. The summed E-state index contributed by atoms with van der Waals surface area (Å²) in [4.78, 5) is 16.4. The number of nitrogens with one attached hydrogen (secondary N) is 2. The van der Waals surface area contributed by atoms with Gasteiger partial charge in [-0.3, -0.25) is 9.78 Å². The quantitative estimate of drug-likeness (QED) is 0.815. The maximum absolute atomic E-state index is 12.4. The molecule has 10 heteroatoms. The Labute approximate surface area is 150 Å². The van der Waals surface area contributed by atoms with Gasteiger partial charge in [0.2, 0.25) is 15.9 Å². The molecule has 2 aromatic rings. The lowest BCUT2D eigenvalue weighted by Gasteiger charge is -2.11. The number of anilines is 1. The minimum Gasteiger partial charge on any atom is -0.322 e. The molecule has 0 saturated heterocycles. The monoisotopic (exact) mass is 383 g/mol. The van der Waals surface area contributed by atoms with E-state index in [1.54, 1.807) is 24.7 Å². The molecule has 2 heterocycles. The van der Waals surface area contributed by atoms with Crippen molar-refractivity contribution in [3.05, 3.63) is 35.9 Å². The van der Waals surface area contributed by atoms with Crippen molar-refractivity contribution in [1.29, 1.82) is 0 Å². The molecule has 3 rings (SSSR count). The van der Waals surface area contributed by atoms with Gasteiger partial charge in [0.1, 0.15) is 0 Å². The fraction of sp³-hybridized carbons (Fsp3) is 0.400. The number of halogens is 1. The molecular weight excluding hydrogens is 366 g/mol. The molecule has 2 aromatic heterocycles. The first-order chi connectivity index (χ1) is 11.8. The number of rotatable bonds is 5. The van der Waals surface area contributed by atoms with Crippen LogP contribution in [0.1, 0.15) is 19.3 Å². The smallest absolute Gasteiger partial charge is 0.227 e. The van der Waals surface area contributed by atoms with Gasteiger partial charge in [0, 0.05) is 18.2 Å². The van der Waals surface area contributed by atoms with Gasteiger partial charge in [0.25, 0.3) is 0 Å². The second kappa shape index (κ2) is 7.11. The largest absolute Gasteiger partial charge is 0.322 e. The summed E-state index contributed by atoms with van der Waals surface area (Å²) in [6.45, 7) is 0. The Morgan fingerprint density at radius 1 is 1.40 bits per heavy atom. The van der Waals surface area contributed by atoms with E-state index in [0.717, 1.165) is 11.9 Å². The van der Waals surface area contributed by atoms with Crippen LogP contribution in [-0.2, 0) is 14.8 Å². The molecular formula is C15H18ClN5O3S. The van der Waals surface area contributed by atoms with Crippen LogP contribution in [0.15, 0.2) is 30.7 Å². The Hall–Kier alpha value is -1.97. The number of sulfonamides is 1. The standard InChI is InChI=1S/C15H18ClN5O3S/c1-25(23,24)20-11-5-4-10(7-11)15(22)18-13-9-21(19-14(13)16)12-3-2-6-17-8-12/h2-3,6,8-11,20H,4-5,7H2,1H3,(H,18,22)/t10-,11?/m0/s1. The van der Waals surface area contributed by atoms with Gasteiger partial charge in [0.05, 0.1) is 30.0 Å². The van der Waals surface area contributed by atoms with E-state index in [2.05, 4.69) is 20.1 Å². The summed E-state index contributed by atoms with van der Waals surface area (Å²) in [6, 6.07) is 3.39. The molecule has 2 N–H and O–H groups in total. The van der Waals surface area contributed by atoms with Crippen molar-refractivity contribution in [2.45, 2.75) is 25.3 Å². The molecule has 2 atom stereocenters. The maximum Gasteiger partial charge on any atom is 0.227 e. The van der Waals surface area contributed by atoms with Crippen molar-refractivity contribution >= 4 is 33.2 Å². The van der Waals surface area contributed by atoms with Crippen LogP contribution in [0.3, 0.4) is 0 Å². The molecule has 1 aliphatic rings. The molecule has 0 bridgehead atoms. The van der Waals surface area contributed by atoms with E-state index in [1.165, 1.54) is 4.68 Å². The summed E-state index contributed by atoms with van der Waals surface area (Å²) in [7, 11) is -3.27. The third kappa shape index (κ3) is 4.56. The van der Waals surface area contributed by atoms with Gasteiger partial charge in [-0.1, -0.05) is 11.6 Å². The van der Waals surface area contributed by atoms with E-state index in [-0.39, 0.29) is 23.0 Å². The lowest BCUT2D eigenvalue weighted by molar-refractivity contribution is -0.119. The second-order valence-corrected chi connectivity index (χ2v) is 8.21. The zero-order chi connectivity index (χ0) is 18.0. The Morgan fingerprint density at radius 3 is 2.88 bits per heavy atom. The maximum atomic E-state index is 12.4. The number of pyridine rings is 1. The average molecular weight is 384 g/mol. The van der Waals surface area contributed by atoms with Crippen molar-refractivity contribution in [1.82, 2.24) is 19.5 Å². The topological polar surface area (TPSA) is 106 Å². The molecule has 0 aliphatic heterocycles. The molecule has 1 saturated carbocycles. The number of nitrogens with zero attached hydrogens (tertiary/aromatic N) is 3. The van der Waals surface area contributed by atoms with Gasteiger partial charge < -0.3 is 5.32 Å². The van der Waals surface area contributed by atoms with Gasteiger partial charge in [-0.05, 0) is 31.4 Å². The molecule has 1 fully saturated rings. The van der Waals surface area contributed by atoms with Gasteiger partial charge in [-0.15, -0.1) is 0 Å². The highest BCUT2D eigenvalue weighted by molar-refractivity contribution is 7.88.